The molecule has 5 nitrogen and oxygen atoms in total. The van der Waals surface area contributed by atoms with Crippen LogP contribution in [0.5, 0.6) is 0 Å². The molecule has 2 fully saturated rings. The molecule has 1 aromatic rings. The van der Waals surface area contributed by atoms with Crippen LogP contribution >= 0.6 is 23.2 Å². The van der Waals surface area contributed by atoms with Gasteiger partial charge >= 0.3 is 0 Å². The molecule has 2 aliphatic rings. The minimum Gasteiger partial charge on any atom is -0.298 e. The summed E-state index contributed by atoms with van der Waals surface area (Å²) in [6.45, 7) is 3.90. The number of carbonyl (C=O) groups excluding carboxylic acids is 3. The van der Waals surface area contributed by atoms with Gasteiger partial charge in [0.05, 0.1) is 10.6 Å². The van der Waals surface area contributed by atoms with Crippen LogP contribution in [0.2, 0.25) is 10.0 Å². The van der Waals surface area contributed by atoms with Crippen LogP contribution in [0.25, 0.3) is 0 Å². The van der Waals surface area contributed by atoms with Crippen LogP contribution < -0.4 is 10.9 Å². The Balaban J connectivity index is 1.74. The Labute approximate surface area is 150 Å². The van der Waals surface area contributed by atoms with Gasteiger partial charge in [-0.05, 0) is 42.4 Å². The van der Waals surface area contributed by atoms with E-state index in [2.05, 4.69) is 10.9 Å². The van der Waals surface area contributed by atoms with E-state index in [0.717, 1.165) is 6.42 Å². The molecule has 1 aromatic carbocycles. The first-order valence-corrected chi connectivity index (χ1v) is 8.55. The number of halogens is 2. The van der Waals surface area contributed by atoms with Crippen LogP contribution in [0.3, 0.4) is 0 Å². The lowest BCUT2D eigenvalue weighted by Crippen LogP contribution is -2.54. The molecule has 3 rings (SSSR count). The Morgan fingerprint density at radius 3 is 2.46 bits per heavy atom. The molecule has 2 atom stereocenters. The molecule has 128 valence electrons. The van der Waals surface area contributed by atoms with Gasteiger partial charge in [-0.1, -0.05) is 37.0 Å². The lowest BCUT2D eigenvalue weighted by atomic mass is 9.68. The summed E-state index contributed by atoms with van der Waals surface area (Å²) in [4.78, 5) is 37.3. The number of hydrogen-bond donors (Lipinski definition) is 2. The number of ketones is 1. The SMILES string of the molecule is CC1(C)C2CCC1(C(=O)NNC(=O)c1ccc(Cl)cc1Cl)C(=O)C2. The molecule has 24 heavy (non-hydrogen) atoms. The highest BCUT2D eigenvalue weighted by Crippen LogP contribution is 2.63. The maximum absolute atomic E-state index is 12.7. The van der Waals surface area contributed by atoms with Crippen molar-refractivity contribution in [3.05, 3.63) is 33.8 Å². The third-order valence-corrected chi connectivity index (χ3v) is 6.30. The minimum atomic E-state index is -1.06. The normalized spacial score (nSPS) is 27.2. The van der Waals surface area contributed by atoms with Gasteiger partial charge in [0.15, 0.2) is 0 Å². The number of benzene rings is 1. The molecule has 0 aromatic heterocycles. The second-order valence-corrected chi connectivity index (χ2v) is 7.87. The molecular weight excluding hydrogens is 351 g/mol. The van der Waals surface area contributed by atoms with E-state index in [4.69, 9.17) is 23.2 Å². The topological polar surface area (TPSA) is 75.3 Å². The van der Waals surface area contributed by atoms with Gasteiger partial charge in [0.25, 0.3) is 11.8 Å². The Kier molecular flexibility index (Phi) is 4.12. The van der Waals surface area contributed by atoms with Crippen molar-refractivity contribution in [3.63, 3.8) is 0 Å². The number of fused-ring (bicyclic) bond motifs is 2. The second kappa shape index (κ2) is 5.74. The molecule has 2 saturated carbocycles. The second-order valence-electron chi connectivity index (χ2n) is 7.02. The van der Waals surface area contributed by atoms with E-state index in [9.17, 15) is 14.4 Å². The molecule has 0 aliphatic heterocycles. The Hall–Kier alpha value is -1.59. The zero-order valence-electron chi connectivity index (χ0n) is 13.4. The molecule has 2 N–H and O–H groups in total. The summed E-state index contributed by atoms with van der Waals surface area (Å²) >= 11 is 11.8. The van der Waals surface area contributed by atoms with Gasteiger partial charge in [0.2, 0.25) is 0 Å². The third kappa shape index (κ3) is 2.33. The van der Waals surface area contributed by atoms with Crippen LogP contribution in [-0.2, 0) is 9.59 Å². The van der Waals surface area contributed by atoms with Gasteiger partial charge in [-0.15, -0.1) is 0 Å². The first kappa shape index (κ1) is 17.2. The number of amides is 2. The van der Waals surface area contributed by atoms with Crippen LogP contribution in [0.15, 0.2) is 18.2 Å². The first-order chi connectivity index (χ1) is 11.2. The Morgan fingerprint density at radius 1 is 1.21 bits per heavy atom. The van der Waals surface area contributed by atoms with Crippen molar-refractivity contribution in [2.45, 2.75) is 33.1 Å². The van der Waals surface area contributed by atoms with E-state index < -0.39 is 22.6 Å². The molecule has 0 radical (unpaired) electrons. The highest BCUT2D eigenvalue weighted by atomic mass is 35.5. The van der Waals surface area contributed by atoms with E-state index in [-0.39, 0.29) is 22.3 Å². The average Bonchev–Trinajstić information content (AvgIpc) is 2.87. The highest BCUT2D eigenvalue weighted by molar-refractivity contribution is 6.36. The summed E-state index contributed by atoms with van der Waals surface area (Å²) in [5.41, 5.74) is 3.50. The fraction of sp³-hybridized carbons (Fsp3) is 0.471. The predicted octanol–water partition coefficient (Wildman–Crippen LogP) is 3.15. The van der Waals surface area contributed by atoms with Crippen molar-refractivity contribution >= 4 is 40.8 Å². The monoisotopic (exact) mass is 368 g/mol. The van der Waals surface area contributed by atoms with E-state index in [0.29, 0.717) is 17.9 Å². The van der Waals surface area contributed by atoms with Crippen LogP contribution in [0.4, 0.5) is 0 Å². The zero-order valence-corrected chi connectivity index (χ0v) is 14.9. The molecule has 2 bridgehead atoms. The van der Waals surface area contributed by atoms with Crippen LogP contribution in [0, 0.1) is 16.7 Å². The maximum atomic E-state index is 12.7. The Morgan fingerprint density at radius 2 is 1.92 bits per heavy atom. The molecule has 2 amide bonds. The molecule has 2 unspecified atom stereocenters. The summed E-state index contributed by atoms with van der Waals surface area (Å²) in [5, 5.41) is 0.598. The van der Waals surface area contributed by atoms with Crippen molar-refractivity contribution in [2.75, 3.05) is 0 Å². The number of hydrogen-bond acceptors (Lipinski definition) is 3. The lowest BCUT2D eigenvalue weighted by Gasteiger charge is -2.34. The van der Waals surface area contributed by atoms with E-state index in [1.807, 2.05) is 13.8 Å². The molecule has 0 heterocycles. The largest absolute Gasteiger partial charge is 0.298 e. The zero-order chi connectivity index (χ0) is 17.7. The third-order valence-electron chi connectivity index (χ3n) is 5.75. The van der Waals surface area contributed by atoms with Gasteiger partial charge < -0.3 is 0 Å². The van der Waals surface area contributed by atoms with Crippen molar-refractivity contribution in [2.24, 2.45) is 16.7 Å². The van der Waals surface area contributed by atoms with Crippen molar-refractivity contribution in [3.8, 4) is 0 Å². The van der Waals surface area contributed by atoms with E-state index in [1.54, 1.807) is 0 Å². The van der Waals surface area contributed by atoms with Crippen molar-refractivity contribution in [1.29, 1.82) is 0 Å². The number of rotatable bonds is 2. The number of carbonyl (C=O) groups is 3. The molecule has 0 spiro atoms. The van der Waals surface area contributed by atoms with Gasteiger partial charge in [0, 0.05) is 11.4 Å². The van der Waals surface area contributed by atoms with Gasteiger partial charge in [-0.25, -0.2) is 0 Å². The summed E-state index contributed by atoms with van der Waals surface area (Å²) in [6.07, 6.45) is 1.80. The standard InChI is InChI=1S/C17H18Cl2N2O3/c1-16(2)9-5-6-17(16,13(22)7-9)15(24)21-20-14(23)11-4-3-10(18)8-12(11)19/h3-4,8-9H,5-7H2,1-2H3,(H,20,23)(H,21,24). The summed E-state index contributed by atoms with van der Waals surface area (Å²) < 4.78 is 0. The maximum Gasteiger partial charge on any atom is 0.271 e. The highest BCUT2D eigenvalue weighted by Gasteiger charge is 2.68. The van der Waals surface area contributed by atoms with Gasteiger partial charge in [-0.2, -0.15) is 0 Å². The summed E-state index contributed by atoms with van der Waals surface area (Å²) in [6, 6.07) is 4.46. The number of nitrogens with one attached hydrogen (secondary N) is 2. The molecule has 7 heteroatoms. The van der Waals surface area contributed by atoms with Gasteiger partial charge in [0.1, 0.15) is 11.2 Å². The summed E-state index contributed by atoms with van der Waals surface area (Å²) in [5.74, 6) is -0.827. The predicted molar refractivity (Wildman–Crippen MR) is 90.6 cm³/mol. The van der Waals surface area contributed by atoms with Crippen molar-refractivity contribution in [1.82, 2.24) is 10.9 Å². The smallest absolute Gasteiger partial charge is 0.271 e. The number of hydrazine groups is 1. The van der Waals surface area contributed by atoms with Gasteiger partial charge in [-0.3, -0.25) is 25.2 Å². The average molecular weight is 369 g/mol. The van der Waals surface area contributed by atoms with Crippen LogP contribution in [0.1, 0.15) is 43.5 Å². The molecule has 2 aliphatic carbocycles. The Bertz CT molecular complexity index is 747. The minimum absolute atomic E-state index is 0.0416. The fourth-order valence-electron chi connectivity index (χ4n) is 4.17. The molecular formula is C17H18Cl2N2O3. The van der Waals surface area contributed by atoms with Crippen molar-refractivity contribution < 1.29 is 14.4 Å². The van der Waals surface area contributed by atoms with Crippen LogP contribution in [-0.4, -0.2) is 17.6 Å². The summed E-state index contributed by atoms with van der Waals surface area (Å²) in [7, 11) is 0. The molecule has 0 saturated heterocycles. The lowest BCUT2D eigenvalue weighted by molar-refractivity contribution is -0.145. The quantitative estimate of drug-likeness (QED) is 0.621. The van der Waals surface area contributed by atoms with E-state index >= 15 is 0 Å². The first-order valence-electron chi connectivity index (χ1n) is 7.79. The number of Topliss-reactive ketones (excluding diaryl/α,β-unsaturated/α-hetero) is 1. The fourth-order valence-corrected chi connectivity index (χ4v) is 4.66. The van der Waals surface area contributed by atoms with E-state index in [1.165, 1.54) is 18.2 Å².